The molecule has 6 heteroatoms. The zero-order valence-corrected chi connectivity index (χ0v) is 14.3. The van der Waals surface area contributed by atoms with Gasteiger partial charge >= 0.3 is 0 Å². The van der Waals surface area contributed by atoms with Gasteiger partial charge in [-0.15, -0.1) is 10.2 Å². The van der Waals surface area contributed by atoms with Gasteiger partial charge in [-0.05, 0) is 24.0 Å². The van der Waals surface area contributed by atoms with Crippen LogP contribution in [-0.2, 0) is 0 Å². The zero-order valence-electron chi connectivity index (χ0n) is 11.8. The molecule has 1 saturated carbocycles. The Morgan fingerprint density at radius 3 is 2.42 bits per heavy atom. The summed E-state index contributed by atoms with van der Waals surface area (Å²) in [5, 5.41) is 9.47. The molecule has 1 aliphatic rings. The predicted octanol–water partition coefficient (Wildman–Crippen LogP) is 3.97. The average molecular weight is 318 g/mol. The molecule has 19 heavy (non-hydrogen) atoms. The van der Waals surface area contributed by atoms with E-state index in [1.807, 2.05) is 30.8 Å². The molecular weight excluding hydrogens is 294 g/mol. The van der Waals surface area contributed by atoms with Crippen molar-refractivity contribution in [2.24, 2.45) is 5.41 Å². The van der Waals surface area contributed by atoms with E-state index in [0.29, 0.717) is 5.41 Å². The monoisotopic (exact) mass is 317 g/mol. The molecule has 2 rings (SSSR count). The largest absolute Gasteiger partial charge is 0.353 e. The second-order valence-electron chi connectivity index (χ2n) is 5.61. The van der Waals surface area contributed by atoms with E-state index in [0.717, 1.165) is 21.0 Å². The van der Waals surface area contributed by atoms with Gasteiger partial charge in [0.25, 0.3) is 0 Å². The van der Waals surface area contributed by atoms with E-state index in [1.165, 1.54) is 38.5 Å². The standard InChI is InChI=1S/C13H23N3S3/c1-16(2)11-14-15-12(19-11)18-10-13(9-17)7-5-3-4-6-8-13/h17H,3-10H2,1-2H3. The van der Waals surface area contributed by atoms with Crippen molar-refractivity contribution in [3.8, 4) is 0 Å². The number of anilines is 1. The molecule has 0 atom stereocenters. The van der Waals surface area contributed by atoms with E-state index < -0.39 is 0 Å². The molecule has 0 saturated heterocycles. The highest BCUT2D eigenvalue weighted by Crippen LogP contribution is 2.41. The first kappa shape index (κ1) is 15.4. The number of nitrogens with zero attached hydrogens (tertiary/aromatic N) is 3. The lowest BCUT2D eigenvalue weighted by Gasteiger charge is -2.30. The molecule has 0 amide bonds. The molecular formula is C13H23N3S3. The Hall–Kier alpha value is 0.0600. The molecule has 1 aromatic heterocycles. The lowest BCUT2D eigenvalue weighted by atomic mass is 9.84. The quantitative estimate of drug-likeness (QED) is 0.505. The average Bonchev–Trinajstić information content (AvgIpc) is 2.76. The minimum atomic E-state index is 0.411. The van der Waals surface area contributed by atoms with Gasteiger partial charge in [-0.2, -0.15) is 12.6 Å². The van der Waals surface area contributed by atoms with Crippen LogP contribution in [0.5, 0.6) is 0 Å². The summed E-state index contributed by atoms with van der Waals surface area (Å²) in [7, 11) is 4.02. The van der Waals surface area contributed by atoms with E-state index >= 15 is 0 Å². The molecule has 0 N–H and O–H groups in total. The third kappa shape index (κ3) is 4.26. The number of hydrogen-bond acceptors (Lipinski definition) is 6. The Kier molecular flexibility index (Phi) is 5.84. The number of thioether (sulfide) groups is 1. The van der Waals surface area contributed by atoms with Crippen LogP contribution in [0.3, 0.4) is 0 Å². The van der Waals surface area contributed by atoms with Crippen molar-refractivity contribution in [3.63, 3.8) is 0 Å². The minimum absolute atomic E-state index is 0.411. The topological polar surface area (TPSA) is 29.0 Å². The van der Waals surface area contributed by atoms with Crippen molar-refractivity contribution in [1.29, 1.82) is 0 Å². The van der Waals surface area contributed by atoms with E-state index in [-0.39, 0.29) is 0 Å². The summed E-state index contributed by atoms with van der Waals surface area (Å²) < 4.78 is 1.09. The highest BCUT2D eigenvalue weighted by Gasteiger charge is 2.30. The lowest BCUT2D eigenvalue weighted by molar-refractivity contribution is 0.332. The van der Waals surface area contributed by atoms with E-state index in [9.17, 15) is 0 Å². The maximum atomic E-state index is 4.63. The summed E-state index contributed by atoms with van der Waals surface area (Å²) in [4.78, 5) is 2.02. The Balaban J connectivity index is 1.94. The van der Waals surface area contributed by atoms with Crippen molar-refractivity contribution >= 4 is 40.9 Å². The van der Waals surface area contributed by atoms with Gasteiger partial charge in [0.2, 0.25) is 5.13 Å². The maximum absolute atomic E-state index is 4.63. The number of rotatable bonds is 5. The summed E-state index contributed by atoms with van der Waals surface area (Å²) in [6.07, 6.45) is 8.15. The summed E-state index contributed by atoms with van der Waals surface area (Å²) in [6, 6.07) is 0. The summed E-state index contributed by atoms with van der Waals surface area (Å²) in [5.41, 5.74) is 0.411. The van der Waals surface area contributed by atoms with Crippen molar-refractivity contribution in [1.82, 2.24) is 10.2 Å². The third-order valence-corrected chi connectivity index (χ3v) is 7.03. The summed E-state index contributed by atoms with van der Waals surface area (Å²) in [6.45, 7) is 0. The van der Waals surface area contributed by atoms with Crippen LogP contribution < -0.4 is 4.90 Å². The molecule has 0 aromatic carbocycles. The molecule has 0 radical (unpaired) electrons. The van der Waals surface area contributed by atoms with Gasteiger partial charge in [0, 0.05) is 19.8 Å². The summed E-state index contributed by atoms with van der Waals surface area (Å²) in [5.74, 6) is 2.14. The maximum Gasteiger partial charge on any atom is 0.208 e. The zero-order chi connectivity index (χ0) is 13.7. The van der Waals surface area contributed by atoms with E-state index in [1.54, 1.807) is 11.3 Å². The highest BCUT2D eigenvalue weighted by atomic mass is 32.2. The van der Waals surface area contributed by atoms with Gasteiger partial charge < -0.3 is 4.90 Å². The van der Waals surface area contributed by atoms with Crippen molar-refractivity contribution < 1.29 is 0 Å². The van der Waals surface area contributed by atoms with Crippen LogP contribution in [0.15, 0.2) is 4.34 Å². The second kappa shape index (κ2) is 7.18. The molecule has 0 aliphatic heterocycles. The molecule has 1 heterocycles. The molecule has 1 fully saturated rings. The van der Waals surface area contributed by atoms with Crippen molar-refractivity contribution in [2.75, 3.05) is 30.5 Å². The van der Waals surface area contributed by atoms with Crippen LogP contribution in [0.4, 0.5) is 5.13 Å². The first-order chi connectivity index (χ1) is 9.15. The Bertz CT molecular complexity index is 384. The van der Waals surface area contributed by atoms with Crippen LogP contribution >= 0.6 is 35.7 Å². The van der Waals surface area contributed by atoms with E-state index in [2.05, 4.69) is 22.8 Å². The third-order valence-electron chi connectivity index (χ3n) is 3.78. The second-order valence-corrected chi connectivity index (χ2v) is 8.10. The predicted molar refractivity (Wildman–Crippen MR) is 88.9 cm³/mol. The van der Waals surface area contributed by atoms with Gasteiger partial charge in [-0.25, -0.2) is 0 Å². The van der Waals surface area contributed by atoms with Gasteiger partial charge in [0.15, 0.2) is 4.34 Å². The van der Waals surface area contributed by atoms with Gasteiger partial charge in [-0.3, -0.25) is 0 Å². The van der Waals surface area contributed by atoms with Crippen LogP contribution in [0.1, 0.15) is 38.5 Å². The Labute approximate surface area is 130 Å². The molecule has 0 unspecified atom stereocenters. The van der Waals surface area contributed by atoms with Crippen LogP contribution in [0.2, 0.25) is 0 Å². The molecule has 0 spiro atoms. The Morgan fingerprint density at radius 2 is 1.89 bits per heavy atom. The fourth-order valence-corrected chi connectivity index (χ4v) is 5.12. The van der Waals surface area contributed by atoms with Crippen LogP contribution in [0, 0.1) is 5.41 Å². The number of thiol groups is 1. The lowest BCUT2D eigenvalue weighted by Crippen LogP contribution is -2.25. The van der Waals surface area contributed by atoms with Gasteiger partial charge in [-0.1, -0.05) is 48.8 Å². The van der Waals surface area contributed by atoms with Crippen LogP contribution in [-0.4, -0.2) is 35.8 Å². The molecule has 1 aliphatic carbocycles. The smallest absolute Gasteiger partial charge is 0.208 e. The molecule has 0 bridgehead atoms. The fourth-order valence-electron chi connectivity index (χ4n) is 2.48. The highest BCUT2D eigenvalue weighted by molar-refractivity contribution is 8.01. The first-order valence-electron chi connectivity index (χ1n) is 6.90. The Morgan fingerprint density at radius 1 is 1.21 bits per heavy atom. The summed E-state index contributed by atoms with van der Waals surface area (Å²) >= 11 is 8.18. The van der Waals surface area contributed by atoms with Crippen molar-refractivity contribution in [3.05, 3.63) is 0 Å². The van der Waals surface area contributed by atoms with Gasteiger partial charge in [0.1, 0.15) is 0 Å². The minimum Gasteiger partial charge on any atom is -0.353 e. The number of aromatic nitrogens is 2. The van der Waals surface area contributed by atoms with Crippen LogP contribution in [0.25, 0.3) is 0 Å². The first-order valence-corrected chi connectivity index (χ1v) is 9.33. The van der Waals surface area contributed by atoms with E-state index in [4.69, 9.17) is 0 Å². The molecule has 108 valence electrons. The SMILES string of the molecule is CN(C)c1nnc(SCC2(CS)CCCCCC2)s1. The van der Waals surface area contributed by atoms with Gasteiger partial charge in [0.05, 0.1) is 0 Å². The molecule has 1 aromatic rings. The van der Waals surface area contributed by atoms with Crippen molar-refractivity contribution in [2.45, 2.75) is 42.9 Å². The molecule has 3 nitrogen and oxygen atoms in total. The normalized spacial score (nSPS) is 19.1. The fraction of sp³-hybridized carbons (Fsp3) is 0.846. The number of hydrogen-bond donors (Lipinski definition) is 1.